The number of nitrogens with one attached hydrogen (secondary N) is 1. The molecule has 146 valence electrons. The summed E-state index contributed by atoms with van der Waals surface area (Å²) in [6, 6.07) is 10.7. The summed E-state index contributed by atoms with van der Waals surface area (Å²) in [6.07, 6.45) is 4.24. The highest BCUT2D eigenvalue weighted by Crippen LogP contribution is 2.32. The number of aliphatic hydroxyl groups is 1. The first-order chi connectivity index (χ1) is 13.5. The van der Waals surface area contributed by atoms with E-state index < -0.39 is 17.3 Å². The molecule has 0 saturated carbocycles. The molecule has 2 N–H and O–H groups in total. The first-order valence-corrected chi connectivity index (χ1v) is 10.5. The van der Waals surface area contributed by atoms with Crippen LogP contribution in [0.4, 0.5) is 4.39 Å². The molecule has 3 rings (SSSR count). The number of halogens is 1. The minimum atomic E-state index is -1.23. The topological polar surface area (TPSA) is 75.1 Å². The Morgan fingerprint density at radius 1 is 1.32 bits per heavy atom. The van der Waals surface area contributed by atoms with Crippen LogP contribution in [0, 0.1) is 5.82 Å². The van der Waals surface area contributed by atoms with E-state index in [0.717, 1.165) is 10.6 Å². The third-order valence-electron chi connectivity index (χ3n) is 4.21. The van der Waals surface area contributed by atoms with Gasteiger partial charge in [0.05, 0.1) is 27.4 Å². The molecule has 0 aliphatic heterocycles. The number of benzene rings is 1. The normalized spacial score (nSPS) is 13.1. The van der Waals surface area contributed by atoms with Crippen molar-refractivity contribution < 1.29 is 14.3 Å². The molecule has 2 aromatic heterocycles. The van der Waals surface area contributed by atoms with Gasteiger partial charge in [-0.2, -0.15) is 0 Å². The third kappa shape index (κ3) is 4.76. The van der Waals surface area contributed by atoms with E-state index in [1.54, 1.807) is 11.7 Å². The lowest BCUT2D eigenvalue weighted by atomic mass is 9.89. The van der Waals surface area contributed by atoms with Gasteiger partial charge >= 0.3 is 0 Å². The number of thiazole rings is 1. The minimum absolute atomic E-state index is 0.0307. The lowest BCUT2D eigenvalue weighted by molar-refractivity contribution is 0.0260. The Labute approximate surface area is 171 Å². The van der Waals surface area contributed by atoms with Crippen LogP contribution in [-0.2, 0) is 5.60 Å². The zero-order valence-corrected chi connectivity index (χ0v) is 16.9. The molecule has 8 heteroatoms. The second-order valence-electron chi connectivity index (χ2n) is 6.22. The van der Waals surface area contributed by atoms with Crippen molar-refractivity contribution in [3.05, 3.63) is 71.4 Å². The van der Waals surface area contributed by atoms with E-state index in [4.69, 9.17) is 0 Å². The molecule has 0 aliphatic rings. The number of carbonyl (C=O) groups excluding carboxylic acids is 1. The maximum absolute atomic E-state index is 14.8. The predicted octanol–water partition coefficient (Wildman–Crippen LogP) is 4.25. The van der Waals surface area contributed by atoms with Gasteiger partial charge in [0, 0.05) is 6.20 Å². The van der Waals surface area contributed by atoms with Crippen LogP contribution in [0.5, 0.6) is 0 Å². The largest absolute Gasteiger partial charge is 0.383 e. The molecule has 2 heterocycles. The molecule has 0 fully saturated rings. The molecule has 1 atom stereocenters. The Balaban J connectivity index is 1.75. The Hall–Kier alpha value is -2.29. The van der Waals surface area contributed by atoms with Crippen LogP contribution in [0.25, 0.3) is 0 Å². The average molecular weight is 418 g/mol. The van der Waals surface area contributed by atoms with Crippen molar-refractivity contribution in [1.29, 1.82) is 0 Å². The van der Waals surface area contributed by atoms with Gasteiger partial charge in [0.2, 0.25) is 0 Å². The fourth-order valence-corrected chi connectivity index (χ4v) is 4.42. The van der Waals surface area contributed by atoms with Crippen LogP contribution in [0.3, 0.4) is 0 Å². The van der Waals surface area contributed by atoms with Gasteiger partial charge in [0.1, 0.15) is 5.60 Å². The standard InChI is InChI=1S/C20H20FN3O2S2/c1-2-9-20(26,14-6-4-3-5-7-14)12-24-19(25)18-17(21)15(8-10-23-18)28-16-11-22-13-27-16/h3-8,10-11,13,26H,2,9,12H2,1H3,(H,24,25). The summed E-state index contributed by atoms with van der Waals surface area (Å²) in [6.45, 7) is 1.92. The highest BCUT2D eigenvalue weighted by molar-refractivity contribution is 8.01. The van der Waals surface area contributed by atoms with E-state index >= 15 is 0 Å². The Kier molecular flexibility index (Phi) is 6.77. The molecule has 1 amide bonds. The van der Waals surface area contributed by atoms with Gasteiger partial charge in [-0.1, -0.05) is 55.4 Å². The number of hydrogen-bond acceptors (Lipinski definition) is 6. The summed E-state index contributed by atoms with van der Waals surface area (Å²) in [5.74, 6) is -1.34. The van der Waals surface area contributed by atoms with Crippen LogP contribution in [0.15, 0.2) is 63.4 Å². The van der Waals surface area contributed by atoms with Crippen molar-refractivity contribution in [2.24, 2.45) is 0 Å². The molecule has 28 heavy (non-hydrogen) atoms. The Morgan fingerprint density at radius 3 is 2.79 bits per heavy atom. The number of aromatic nitrogens is 2. The van der Waals surface area contributed by atoms with Crippen LogP contribution in [0.2, 0.25) is 0 Å². The molecule has 0 saturated heterocycles. The van der Waals surface area contributed by atoms with Crippen molar-refractivity contribution in [3.63, 3.8) is 0 Å². The van der Waals surface area contributed by atoms with E-state index in [2.05, 4.69) is 15.3 Å². The molecule has 0 bridgehead atoms. The van der Waals surface area contributed by atoms with Gasteiger partial charge in [-0.25, -0.2) is 9.37 Å². The Morgan fingerprint density at radius 2 is 2.11 bits per heavy atom. The van der Waals surface area contributed by atoms with Gasteiger partial charge in [-0.15, -0.1) is 11.3 Å². The maximum Gasteiger partial charge on any atom is 0.273 e. The number of carbonyl (C=O) groups is 1. The van der Waals surface area contributed by atoms with Crippen LogP contribution in [0.1, 0.15) is 35.8 Å². The molecule has 0 radical (unpaired) electrons. The average Bonchev–Trinajstić information content (AvgIpc) is 3.22. The lowest BCUT2D eigenvalue weighted by Gasteiger charge is -2.28. The first-order valence-electron chi connectivity index (χ1n) is 8.80. The SMILES string of the molecule is CCCC(O)(CNC(=O)c1nccc(Sc2cncs2)c1F)c1ccccc1. The van der Waals surface area contributed by atoms with E-state index in [1.165, 1.54) is 35.4 Å². The van der Waals surface area contributed by atoms with Gasteiger partial charge in [-0.05, 0) is 18.1 Å². The minimum Gasteiger partial charge on any atom is -0.383 e. The predicted molar refractivity (Wildman–Crippen MR) is 108 cm³/mol. The number of hydrogen-bond donors (Lipinski definition) is 2. The quantitative estimate of drug-likeness (QED) is 0.573. The molecule has 0 aliphatic carbocycles. The van der Waals surface area contributed by atoms with Crippen LogP contribution >= 0.6 is 23.1 Å². The molecule has 1 unspecified atom stereocenters. The zero-order chi connectivity index (χ0) is 20.0. The van der Waals surface area contributed by atoms with Gasteiger partial charge in [0.15, 0.2) is 11.5 Å². The van der Waals surface area contributed by atoms with Crippen molar-refractivity contribution in [2.45, 2.75) is 34.5 Å². The fourth-order valence-electron chi connectivity index (χ4n) is 2.83. The van der Waals surface area contributed by atoms with Crippen molar-refractivity contribution >= 4 is 29.0 Å². The highest BCUT2D eigenvalue weighted by atomic mass is 32.2. The molecule has 0 spiro atoms. The second-order valence-corrected chi connectivity index (χ2v) is 8.45. The summed E-state index contributed by atoms with van der Waals surface area (Å²) >= 11 is 2.58. The number of amides is 1. The van der Waals surface area contributed by atoms with E-state index in [-0.39, 0.29) is 12.2 Å². The monoisotopic (exact) mass is 417 g/mol. The van der Waals surface area contributed by atoms with Crippen molar-refractivity contribution in [3.8, 4) is 0 Å². The molecule has 5 nitrogen and oxygen atoms in total. The van der Waals surface area contributed by atoms with Gasteiger partial charge < -0.3 is 10.4 Å². The highest BCUT2D eigenvalue weighted by Gasteiger charge is 2.29. The summed E-state index contributed by atoms with van der Waals surface area (Å²) in [5, 5.41) is 13.7. The van der Waals surface area contributed by atoms with E-state index in [1.807, 2.05) is 37.3 Å². The molecular formula is C20H20FN3O2S2. The number of nitrogens with zero attached hydrogens (tertiary/aromatic N) is 2. The number of rotatable bonds is 8. The van der Waals surface area contributed by atoms with Crippen molar-refractivity contribution in [2.75, 3.05) is 6.54 Å². The van der Waals surface area contributed by atoms with E-state index in [0.29, 0.717) is 16.9 Å². The Bertz CT molecular complexity index is 922. The maximum atomic E-state index is 14.8. The summed E-state index contributed by atoms with van der Waals surface area (Å²) in [4.78, 5) is 20.7. The first kappa shape index (κ1) is 20.4. The smallest absolute Gasteiger partial charge is 0.273 e. The summed E-state index contributed by atoms with van der Waals surface area (Å²) in [7, 11) is 0. The fraction of sp³-hybridized carbons (Fsp3) is 0.250. The number of pyridine rings is 1. The molecular weight excluding hydrogens is 397 g/mol. The second kappa shape index (κ2) is 9.27. The van der Waals surface area contributed by atoms with Crippen LogP contribution in [-0.4, -0.2) is 27.5 Å². The summed E-state index contributed by atoms with van der Waals surface area (Å²) in [5.41, 5.74) is 0.853. The molecule has 1 aromatic carbocycles. The summed E-state index contributed by atoms with van der Waals surface area (Å²) < 4.78 is 15.6. The van der Waals surface area contributed by atoms with Crippen molar-refractivity contribution in [1.82, 2.24) is 15.3 Å². The van der Waals surface area contributed by atoms with E-state index in [9.17, 15) is 14.3 Å². The van der Waals surface area contributed by atoms with Gasteiger partial charge in [0.25, 0.3) is 5.91 Å². The molecule has 3 aromatic rings. The van der Waals surface area contributed by atoms with Crippen LogP contribution < -0.4 is 5.32 Å². The van der Waals surface area contributed by atoms with Gasteiger partial charge in [-0.3, -0.25) is 9.78 Å². The zero-order valence-electron chi connectivity index (χ0n) is 15.3. The lowest BCUT2D eigenvalue weighted by Crippen LogP contribution is -2.41. The third-order valence-corrected chi connectivity index (χ3v) is 6.15.